The van der Waals surface area contributed by atoms with Gasteiger partial charge in [0.15, 0.2) is 0 Å². The van der Waals surface area contributed by atoms with Crippen molar-refractivity contribution in [1.29, 1.82) is 0 Å². The molecule has 0 amide bonds. The van der Waals surface area contributed by atoms with Crippen molar-refractivity contribution in [3.8, 4) is 0 Å². The van der Waals surface area contributed by atoms with Crippen molar-refractivity contribution in [3.05, 3.63) is 16.1 Å². The zero-order valence-corrected chi connectivity index (χ0v) is 13.9. The Hall–Kier alpha value is -0.370. The molecular weight excluding hydrogens is 250 g/mol. The molecule has 0 fully saturated rings. The Morgan fingerprint density at radius 2 is 1.53 bits per heavy atom. The van der Waals surface area contributed by atoms with Crippen LogP contribution in [0.1, 0.15) is 93.9 Å². The second-order valence-corrected chi connectivity index (χ2v) is 6.94. The highest BCUT2D eigenvalue weighted by Crippen LogP contribution is 2.32. The smallest absolute Gasteiger partial charge is 0.0896 e. The summed E-state index contributed by atoms with van der Waals surface area (Å²) in [6.45, 7) is 6.70. The number of rotatable bonds is 11. The van der Waals surface area contributed by atoms with Crippen molar-refractivity contribution in [2.45, 2.75) is 90.9 Å². The molecule has 1 aromatic heterocycles. The van der Waals surface area contributed by atoms with E-state index in [-0.39, 0.29) is 0 Å². The van der Waals surface area contributed by atoms with Crippen LogP contribution in [-0.4, -0.2) is 4.98 Å². The highest BCUT2D eigenvalue weighted by atomic mass is 32.1. The Balaban J connectivity index is 2.38. The Morgan fingerprint density at radius 1 is 0.947 bits per heavy atom. The quantitative estimate of drug-likeness (QED) is 0.423. The topological polar surface area (TPSA) is 12.9 Å². The lowest BCUT2D eigenvalue weighted by molar-refractivity contribution is 0.501. The van der Waals surface area contributed by atoms with Crippen LogP contribution < -0.4 is 0 Å². The summed E-state index contributed by atoms with van der Waals surface area (Å²) < 4.78 is 0. The third kappa shape index (κ3) is 7.10. The second kappa shape index (κ2) is 10.4. The van der Waals surface area contributed by atoms with Crippen LogP contribution in [0.4, 0.5) is 0 Å². The molecule has 110 valence electrons. The van der Waals surface area contributed by atoms with Crippen LogP contribution in [0.25, 0.3) is 0 Å². The van der Waals surface area contributed by atoms with Gasteiger partial charge < -0.3 is 0 Å². The van der Waals surface area contributed by atoms with Crippen LogP contribution in [0.3, 0.4) is 0 Å². The predicted molar refractivity (Wildman–Crippen MR) is 87.1 cm³/mol. The van der Waals surface area contributed by atoms with Gasteiger partial charge in [0.1, 0.15) is 0 Å². The van der Waals surface area contributed by atoms with E-state index >= 15 is 0 Å². The number of hydrogen-bond acceptors (Lipinski definition) is 2. The van der Waals surface area contributed by atoms with Crippen molar-refractivity contribution in [2.24, 2.45) is 0 Å². The van der Waals surface area contributed by atoms with Crippen LogP contribution in [0.15, 0.2) is 6.20 Å². The van der Waals surface area contributed by atoms with Gasteiger partial charge in [-0.15, -0.1) is 11.3 Å². The maximum atomic E-state index is 4.44. The first-order chi connectivity index (χ1) is 9.27. The summed E-state index contributed by atoms with van der Waals surface area (Å²) in [6.07, 6.45) is 15.9. The van der Waals surface area contributed by atoms with Crippen LogP contribution >= 0.6 is 11.3 Å². The minimum Gasteiger partial charge on any atom is -0.250 e. The summed E-state index contributed by atoms with van der Waals surface area (Å²) in [7, 11) is 0. The van der Waals surface area contributed by atoms with E-state index in [2.05, 4.69) is 32.0 Å². The highest BCUT2D eigenvalue weighted by Gasteiger charge is 2.13. The van der Waals surface area contributed by atoms with E-state index in [4.69, 9.17) is 0 Å². The Kier molecular flexibility index (Phi) is 9.15. The standard InChI is InChI=1S/C17H31NS/c1-4-6-8-10-12-16(13-11-9-7-5-2)17-14-18-15(3)19-17/h14,16H,4-13H2,1-3H3. The SMILES string of the molecule is CCCCCCC(CCCCCC)c1cnc(C)s1. The van der Waals surface area contributed by atoms with E-state index in [1.807, 2.05) is 11.3 Å². The summed E-state index contributed by atoms with van der Waals surface area (Å²) >= 11 is 1.91. The summed E-state index contributed by atoms with van der Waals surface area (Å²) in [5.41, 5.74) is 0. The second-order valence-electron chi connectivity index (χ2n) is 5.68. The van der Waals surface area contributed by atoms with E-state index in [0.717, 1.165) is 5.92 Å². The summed E-state index contributed by atoms with van der Waals surface area (Å²) in [5, 5.41) is 1.22. The maximum Gasteiger partial charge on any atom is 0.0896 e. The normalized spacial score (nSPS) is 11.4. The zero-order chi connectivity index (χ0) is 13.9. The number of aryl methyl sites for hydroxylation is 1. The molecule has 0 saturated carbocycles. The van der Waals surface area contributed by atoms with Gasteiger partial charge in [-0.3, -0.25) is 0 Å². The lowest BCUT2D eigenvalue weighted by atomic mass is 9.93. The monoisotopic (exact) mass is 281 g/mol. The van der Waals surface area contributed by atoms with Crippen LogP contribution in [-0.2, 0) is 0 Å². The minimum atomic E-state index is 0.778. The number of unbranched alkanes of at least 4 members (excludes halogenated alkanes) is 6. The first-order valence-corrected chi connectivity index (χ1v) is 9.01. The van der Waals surface area contributed by atoms with Crippen LogP contribution in [0.5, 0.6) is 0 Å². The van der Waals surface area contributed by atoms with Gasteiger partial charge in [0, 0.05) is 11.1 Å². The molecule has 19 heavy (non-hydrogen) atoms. The molecule has 1 heterocycles. The van der Waals surface area contributed by atoms with E-state index in [0.29, 0.717) is 0 Å². The third-order valence-electron chi connectivity index (χ3n) is 3.85. The molecule has 0 radical (unpaired) electrons. The third-order valence-corrected chi connectivity index (χ3v) is 4.93. The molecule has 1 aromatic rings. The van der Waals surface area contributed by atoms with Gasteiger partial charge in [-0.05, 0) is 25.7 Å². The minimum absolute atomic E-state index is 0.778. The van der Waals surface area contributed by atoms with E-state index in [9.17, 15) is 0 Å². The molecule has 0 aliphatic carbocycles. The van der Waals surface area contributed by atoms with Gasteiger partial charge in [-0.1, -0.05) is 65.2 Å². The van der Waals surface area contributed by atoms with Gasteiger partial charge in [0.05, 0.1) is 5.01 Å². The molecule has 1 rings (SSSR count). The average molecular weight is 282 g/mol. The lowest BCUT2D eigenvalue weighted by Gasteiger charge is -2.14. The molecule has 0 unspecified atom stereocenters. The molecule has 0 bridgehead atoms. The molecule has 0 saturated heterocycles. The van der Waals surface area contributed by atoms with Gasteiger partial charge in [-0.25, -0.2) is 4.98 Å². The lowest BCUT2D eigenvalue weighted by Crippen LogP contribution is -1.97. The molecule has 0 atom stereocenters. The number of thiazole rings is 1. The van der Waals surface area contributed by atoms with Crippen molar-refractivity contribution in [1.82, 2.24) is 4.98 Å². The number of nitrogens with zero attached hydrogens (tertiary/aromatic N) is 1. The highest BCUT2D eigenvalue weighted by molar-refractivity contribution is 7.11. The van der Waals surface area contributed by atoms with Crippen molar-refractivity contribution in [3.63, 3.8) is 0 Å². The summed E-state index contributed by atoms with van der Waals surface area (Å²) in [5.74, 6) is 0.778. The Labute approximate surface area is 123 Å². The first kappa shape index (κ1) is 16.7. The van der Waals surface area contributed by atoms with Crippen LogP contribution in [0, 0.1) is 6.92 Å². The fourth-order valence-corrected chi connectivity index (χ4v) is 3.58. The van der Waals surface area contributed by atoms with E-state index in [1.165, 1.54) is 74.1 Å². The summed E-state index contributed by atoms with van der Waals surface area (Å²) in [6, 6.07) is 0. The van der Waals surface area contributed by atoms with E-state index < -0.39 is 0 Å². The maximum absolute atomic E-state index is 4.44. The fraction of sp³-hybridized carbons (Fsp3) is 0.824. The average Bonchev–Trinajstić information content (AvgIpc) is 2.83. The Morgan fingerprint density at radius 3 is 1.95 bits per heavy atom. The molecule has 1 nitrogen and oxygen atoms in total. The molecule has 0 aromatic carbocycles. The van der Waals surface area contributed by atoms with Crippen molar-refractivity contribution in [2.75, 3.05) is 0 Å². The summed E-state index contributed by atoms with van der Waals surface area (Å²) in [4.78, 5) is 5.98. The van der Waals surface area contributed by atoms with Gasteiger partial charge in [-0.2, -0.15) is 0 Å². The first-order valence-electron chi connectivity index (χ1n) is 8.20. The largest absolute Gasteiger partial charge is 0.250 e. The fourth-order valence-electron chi connectivity index (χ4n) is 2.63. The molecule has 2 heteroatoms. The molecule has 0 aliphatic heterocycles. The van der Waals surface area contributed by atoms with Crippen molar-refractivity contribution < 1.29 is 0 Å². The molecule has 0 spiro atoms. The van der Waals surface area contributed by atoms with Crippen molar-refractivity contribution >= 4 is 11.3 Å². The van der Waals surface area contributed by atoms with Gasteiger partial charge >= 0.3 is 0 Å². The van der Waals surface area contributed by atoms with Gasteiger partial charge in [0.25, 0.3) is 0 Å². The van der Waals surface area contributed by atoms with E-state index in [1.54, 1.807) is 0 Å². The number of aromatic nitrogens is 1. The number of hydrogen-bond donors (Lipinski definition) is 0. The Bertz CT molecular complexity index is 307. The molecule has 0 aliphatic rings. The van der Waals surface area contributed by atoms with Crippen LogP contribution in [0.2, 0.25) is 0 Å². The van der Waals surface area contributed by atoms with Gasteiger partial charge in [0.2, 0.25) is 0 Å². The molecule has 0 N–H and O–H groups in total. The predicted octanol–water partition coefficient (Wildman–Crippen LogP) is 6.48. The zero-order valence-electron chi connectivity index (χ0n) is 13.1. The molecular formula is C17H31NS.